The maximum atomic E-state index is 12.5. The van der Waals surface area contributed by atoms with Crippen LogP contribution in [-0.2, 0) is 14.8 Å². The van der Waals surface area contributed by atoms with Gasteiger partial charge in [0.15, 0.2) is 0 Å². The minimum Gasteiger partial charge on any atom is -0.378 e. The van der Waals surface area contributed by atoms with E-state index in [1.807, 2.05) is 6.92 Å². The molecule has 27 heavy (non-hydrogen) atoms. The molecule has 1 aliphatic rings. The lowest BCUT2D eigenvalue weighted by molar-refractivity contribution is 0.0899. The average molecular weight is 409 g/mol. The molecule has 1 aromatic carbocycles. The van der Waals surface area contributed by atoms with Crippen molar-refractivity contribution in [3.8, 4) is 0 Å². The van der Waals surface area contributed by atoms with Gasteiger partial charge in [-0.3, -0.25) is 9.52 Å². The number of sulfonamides is 1. The number of carbonyl (C=O) groups is 1. The summed E-state index contributed by atoms with van der Waals surface area (Å²) in [7, 11) is -3.63. The van der Waals surface area contributed by atoms with Gasteiger partial charge in [-0.25, -0.2) is 8.42 Å². The zero-order valence-corrected chi connectivity index (χ0v) is 16.8. The van der Waals surface area contributed by atoms with Crippen LogP contribution in [0.1, 0.15) is 43.0 Å². The first-order chi connectivity index (χ1) is 12.9. The number of thiophene rings is 1. The molecule has 0 radical (unpaired) electrons. The van der Waals surface area contributed by atoms with Gasteiger partial charge >= 0.3 is 0 Å². The Morgan fingerprint density at radius 2 is 2.19 bits per heavy atom. The van der Waals surface area contributed by atoms with Crippen LogP contribution in [0.25, 0.3) is 0 Å². The lowest BCUT2D eigenvalue weighted by Crippen LogP contribution is -2.33. The highest BCUT2D eigenvalue weighted by atomic mass is 32.2. The molecule has 0 spiro atoms. The number of nitrogens with one attached hydrogen (secondary N) is 2. The SMILES string of the molecule is CC(CCC1CCCO1)NC(=O)c1cccc(NS(=O)(=O)c2cccs2)c1. The van der Waals surface area contributed by atoms with E-state index in [4.69, 9.17) is 4.74 Å². The second-order valence-electron chi connectivity index (χ2n) is 6.71. The van der Waals surface area contributed by atoms with Crippen LogP contribution in [0.4, 0.5) is 5.69 Å². The number of rotatable bonds is 8. The van der Waals surface area contributed by atoms with E-state index in [1.54, 1.807) is 41.8 Å². The molecular formula is C19H24N2O4S2. The van der Waals surface area contributed by atoms with Gasteiger partial charge in [0.25, 0.3) is 15.9 Å². The molecule has 6 nitrogen and oxygen atoms in total. The van der Waals surface area contributed by atoms with Gasteiger partial charge in [0, 0.05) is 23.9 Å². The first-order valence-corrected chi connectivity index (χ1v) is 11.4. The fourth-order valence-corrected chi connectivity index (χ4v) is 5.08. The minimum atomic E-state index is -3.63. The van der Waals surface area contributed by atoms with Crippen LogP contribution in [0, 0.1) is 0 Å². The third-order valence-electron chi connectivity index (χ3n) is 4.46. The molecule has 1 aromatic heterocycles. The van der Waals surface area contributed by atoms with Crippen molar-refractivity contribution in [3.63, 3.8) is 0 Å². The van der Waals surface area contributed by atoms with Gasteiger partial charge < -0.3 is 10.1 Å². The quantitative estimate of drug-likeness (QED) is 0.699. The highest BCUT2D eigenvalue weighted by molar-refractivity contribution is 7.94. The summed E-state index contributed by atoms with van der Waals surface area (Å²) in [5.41, 5.74) is 0.786. The van der Waals surface area contributed by atoms with Crippen molar-refractivity contribution in [1.82, 2.24) is 5.32 Å². The first kappa shape index (κ1) is 19.9. The van der Waals surface area contributed by atoms with E-state index in [9.17, 15) is 13.2 Å². The summed E-state index contributed by atoms with van der Waals surface area (Å²) in [5.74, 6) is -0.216. The van der Waals surface area contributed by atoms with Crippen LogP contribution in [0.2, 0.25) is 0 Å². The summed E-state index contributed by atoms with van der Waals surface area (Å²) in [6, 6.07) is 9.76. The van der Waals surface area contributed by atoms with Crippen molar-refractivity contribution < 1.29 is 17.9 Å². The van der Waals surface area contributed by atoms with Crippen LogP contribution in [0.3, 0.4) is 0 Å². The topological polar surface area (TPSA) is 84.5 Å². The summed E-state index contributed by atoms with van der Waals surface area (Å²) >= 11 is 1.14. The molecule has 1 fully saturated rings. The Labute approximate surface area is 164 Å². The van der Waals surface area contributed by atoms with Gasteiger partial charge in [-0.2, -0.15) is 0 Å². The number of anilines is 1. The highest BCUT2D eigenvalue weighted by Gasteiger charge is 2.18. The third-order valence-corrected chi connectivity index (χ3v) is 7.24. The number of amides is 1. The Hall–Kier alpha value is -1.90. The van der Waals surface area contributed by atoms with E-state index in [-0.39, 0.29) is 16.2 Å². The van der Waals surface area contributed by atoms with Gasteiger partial charge in [-0.1, -0.05) is 12.1 Å². The molecular weight excluding hydrogens is 384 g/mol. The minimum absolute atomic E-state index is 0.0215. The van der Waals surface area contributed by atoms with Crippen LogP contribution >= 0.6 is 11.3 Å². The highest BCUT2D eigenvalue weighted by Crippen LogP contribution is 2.21. The Bertz CT molecular complexity index is 860. The number of carbonyl (C=O) groups excluding carboxylic acids is 1. The van der Waals surface area contributed by atoms with Crippen LogP contribution in [0.5, 0.6) is 0 Å². The molecule has 1 saturated heterocycles. The lowest BCUT2D eigenvalue weighted by Gasteiger charge is -2.16. The van der Waals surface area contributed by atoms with Crippen molar-refractivity contribution >= 4 is 33.0 Å². The fourth-order valence-electron chi connectivity index (χ4n) is 3.03. The Kier molecular flexibility index (Phi) is 6.51. The molecule has 2 N–H and O–H groups in total. The molecule has 0 bridgehead atoms. The zero-order valence-electron chi connectivity index (χ0n) is 15.2. The summed E-state index contributed by atoms with van der Waals surface area (Å²) in [5, 5.41) is 4.67. The maximum Gasteiger partial charge on any atom is 0.271 e. The van der Waals surface area contributed by atoms with Gasteiger partial charge in [-0.05, 0) is 62.3 Å². The van der Waals surface area contributed by atoms with Gasteiger partial charge in [0.1, 0.15) is 4.21 Å². The normalized spacial score (nSPS) is 18.2. The van der Waals surface area contributed by atoms with Gasteiger partial charge in [0.05, 0.1) is 6.10 Å². The fraction of sp³-hybridized carbons (Fsp3) is 0.421. The standard InChI is InChI=1S/C19H24N2O4S2/c1-14(9-10-17-7-3-11-25-17)20-19(22)15-5-2-6-16(13-15)21-27(23,24)18-8-4-12-26-18/h2,4-6,8,12-14,17,21H,3,7,9-11H2,1H3,(H,20,22). The van der Waals surface area contributed by atoms with Crippen molar-refractivity contribution in [2.75, 3.05) is 11.3 Å². The molecule has 2 atom stereocenters. The number of benzene rings is 1. The number of hydrogen-bond donors (Lipinski definition) is 2. The number of ether oxygens (including phenoxy) is 1. The third kappa shape index (κ3) is 5.54. The van der Waals surface area contributed by atoms with E-state index in [2.05, 4.69) is 10.0 Å². The molecule has 8 heteroatoms. The molecule has 2 aromatic rings. The van der Waals surface area contributed by atoms with Crippen molar-refractivity contribution in [2.45, 2.75) is 49.0 Å². The Morgan fingerprint density at radius 3 is 2.89 bits per heavy atom. The smallest absolute Gasteiger partial charge is 0.271 e. The zero-order chi connectivity index (χ0) is 19.3. The summed E-state index contributed by atoms with van der Waals surface area (Å²) in [6.45, 7) is 2.80. The van der Waals surface area contributed by atoms with E-state index in [0.717, 1.165) is 43.6 Å². The Balaban J connectivity index is 1.58. The molecule has 2 unspecified atom stereocenters. The van der Waals surface area contributed by atoms with Crippen LogP contribution in [-0.4, -0.2) is 33.1 Å². The summed E-state index contributed by atoms with van der Waals surface area (Å²) in [4.78, 5) is 12.5. The van der Waals surface area contributed by atoms with Crippen molar-refractivity contribution in [3.05, 3.63) is 47.3 Å². The van der Waals surface area contributed by atoms with E-state index >= 15 is 0 Å². The Morgan fingerprint density at radius 1 is 1.33 bits per heavy atom. The molecule has 2 heterocycles. The van der Waals surface area contributed by atoms with Crippen LogP contribution < -0.4 is 10.0 Å². The molecule has 1 aliphatic heterocycles. The first-order valence-electron chi connectivity index (χ1n) is 9.03. The number of hydrogen-bond acceptors (Lipinski definition) is 5. The molecule has 1 amide bonds. The molecule has 0 saturated carbocycles. The van der Waals surface area contributed by atoms with E-state index in [0.29, 0.717) is 17.4 Å². The second-order valence-corrected chi connectivity index (χ2v) is 9.56. The predicted molar refractivity (Wildman–Crippen MR) is 107 cm³/mol. The van der Waals surface area contributed by atoms with E-state index in [1.165, 1.54) is 0 Å². The monoisotopic (exact) mass is 408 g/mol. The van der Waals surface area contributed by atoms with Crippen LogP contribution in [0.15, 0.2) is 46.0 Å². The van der Waals surface area contributed by atoms with Gasteiger partial charge in [-0.15, -0.1) is 11.3 Å². The maximum absolute atomic E-state index is 12.5. The molecule has 146 valence electrons. The van der Waals surface area contributed by atoms with Crippen molar-refractivity contribution in [1.29, 1.82) is 0 Å². The summed E-state index contributed by atoms with van der Waals surface area (Å²) in [6.07, 6.45) is 4.29. The average Bonchev–Trinajstić information content (AvgIpc) is 3.34. The second kappa shape index (κ2) is 8.86. The molecule has 3 rings (SSSR count). The predicted octanol–water partition coefficient (Wildman–Crippen LogP) is 3.63. The summed E-state index contributed by atoms with van der Waals surface area (Å²) < 4.78 is 33.0. The largest absolute Gasteiger partial charge is 0.378 e. The van der Waals surface area contributed by atoms with Crippen molar-refractivity contribution in [2.24, 2.45) is 0 Å². The lowest BCUT2D eigenvalue weighted by atomic mass is 10.1. The van der Waals surface area contributed by atoms with E-state index < -0.39 is 10.0 Å². The molecule has 0 aliphatic carbocycles. The van der Waals surface area contributed by atoms with Gasteiger partial charge in [0.2, 0.25) is 0 Å².